The van der Waals surface area contributed by atoms with Crippen molar-refractivity contribution in [2.45, 2.75) is 37.9 Å². The van der Waals surface area contributed by atoms with Crippen molar-refractivity contribution in [1.29, 1.82) is 0 Å². The van der Waals surface area contributed by atoms with Gasteiger partial charge in [0.05, 0.1) is 25.9 Å². The number of ether oxygens (including phenoxy) is 3. The largest absolute Gasteiger partial charge is 0.496 e. The molecule has 5 heteroatoms. The lowest BCUT2D eigenvalue weighted by Gasteiger charge is -2.31. The van der Waals surface area contributed by atoms with Crippen LogP contribution in [0, 0.1) is 0 Å². The normalized spacial score (nSPS) is 25.8. The number of rotatable bonds is 1. The molecule has 0 radical (unpaired) electrons. The van der Waals surface area contributed by atoms with Crippen molar-refractivity contribution in [1.82, 2.24) is 0 Å². The summed E-state index contributed by atoms with van der Waals surface area (Å²) >= 11 is 0. The Balaban J connectivity index is 1.98. The van der Waals surface area contributed by atoms with Crippen molar-refractivity contribution in [3.8, 4) is 5.75 Å². The van der Waals surface area contributed by atoms with E-state index in [1.807, 2.05) is 12.1 Å². The molecule has 2 aliphatic rings. The van der Waals surface area contributed by atoms with Crippen LogP contribution in [0.1, 0.15) is 35.2 Å². The van der Waals surface area contributed by atoms with Crippen LogP contribution in [0.15, 0.2) is 18.2 Å². The molecule has 0 saturated carbocycles. The zero-order valence-corrected chi connectivity index (χ0v) is 12.0. The molecule has 1 fully saturated rings. The third-order valence-corrected chi connectivity index (χ3v) is 3.95. The zero-order valence-electron chi connectivity index (χ0n) is 12.0. The van der Waals surface area contributed by atoms with Gasteiger partial charge in [0.2, 0.25) is 0 Å². The van der Waals surface area contributed by atoms with Gasteiger partial charge in [0.1, 0.15) is 17.1 Å². The summed E-state index contributed by atoms with van der Waals surface area (Å²) < 4.78 is 16.5. The van der Waals surface area contributed by atoms with Crippen molar-refractivity contribution < 1.29 is 23.8 Å². The Bertz CT molecular complexity index is 566. The number of benzene rings is 1. The van der Waals surface area contributed by atoms with Crippen LogP contribution in [0.3, 0.4) is 0 Å². The second-order valence-corrected chi connectivity index (χ2v) is 5.45. The van der Waals surface area contributed by atoms with Crippen LogP contribution in [0.5, 0.6) is 5.75 Å². The standard InChI is InChI=1S/C16H18O5/c1-19-14-4-2-3-10-7-13-9-11(17)8-12(21-13)5-6-20-16(18)15(10)14/h2-4,12-13H,5-9H2,1H3/t12-,13+/m1/s1. The maximum atomic E-state index is 12.3. The molecule has 21 heavy (non-hydrogen) atoms. The van der Waals surface area contributed by atoms with E-state index >= 15 is 0 Å². The molecular weight excluding hydrogens is 272 g/mol. The lowest BCUT2D eigenvalue weighted by molar-refractivity contribution is -0.136. The van der Waals surface area contributed by atoms with E-state index in [0.717, 1.165) is 5.56 Å². The third kappa shape index (κ3) is 2.93. The average Bonchev–Trinajstić information content (AvgIpc) is 2.45. The van der Waals surface area contributed by atoms with Crippen LogP contribution in [-0.4, -0.2) is 37.7 Å². The van der Waals surface area contributed by atoms with E-state index in [2.05, 4.69) is 0 Å². The maximum absolute atomic E-state index is 12.3. The van der Waals surface area contributed by atoms with Crippen LogP contribution in [0.2, 0.25) is 0 Å². The number of cyclic esters (lactones) is 1. The monoisotopic (exact) mass is 290 g/mol. The number of ketones is 1. The molecule has 5 nitrogen and oxygen atoms in total. The van der Waals surface area contributed by atoms with Crippen LogP contribution >= 0.6 is 0 Å². The number of fused-ring (bicyclic) bond motifs is 3. The summed E-state index contributed by atoms with van der Waals surface area (Å²) in [5.74, 6) is 0.345. The molecule has 2 aliphatic heterocycles. The zero-order chi connectivity index (χ0) is 14.8. The van der Waals surface area contributed by atoms with Crippen molar-refractivity contribution >= 4 is 11.8 Å². The van der Waals surface area contributed by atoms with Gasteiger partial charge >= 0.3 is 5.97 Å². The van der Waals surface area contributed by atoms with Gasteiger partial charge < -0.3 is 14.2 Å². The Morgan fingerprint density at radius 3 is 2.76 bits per heavy atom. The highest BCUT2D eigenvalue weighted by molar-refractivity contribution is 5.94. The fourth-order valence-corrected chi connectivity index (χ4v) is 3.00. The Morgan fingerprint density at radius 1 is 1.14 bits per heavy atom. The van der Waals surface area contributed by atoms with Crippen LogP contribution < -0.4 is 4.74 Å². The molecule has 0 aliphatic carbocycles. The number of carbonyl (C=O) groups is 2. The number of Topliss-reactive ketones (excluding diaryl/α,β-unsaturated/α-hetero) is 1. The second kappa shape index (κ2) is 5.85. The molecule has 0 N–H and O–H groups in total. The van der Waals surface area contributed by atoms with Gasteiger partial charge in [-0.15, -0.1) is 0 Å². The first kappa shape index (κ1) is 14.1. The highest BCUT2D eigenvalue weighted by Crippen LogP contribution is 2.29. The molecular formula is C16H18O5. The summed E-state index contributed by atoms with van der Waals surface area (Å²) in [4.78, 5) is 24.1. The predicted molar refractivity (Wildman–Crippen MR) is 74.5 cm³/mol. The van der Waals surface area contributed by atoms with Crippen molar-refractivity contribution in [3.05, 3.63) is 29.3 Å². The molecule has 1 saturated heterocycles. The van der Waals surface area contributed by atoms with Gasteiger partial charge in [0.15, 0.2) is 0 Å². The van der Waals surface area contributed by atoms with E-state index in [1.54, 1.807) is 6.07 Å². The second-order valence-electron chi connectivity index (χ2n) is 5.45. The van der Waals surface area contributed by atoms with E-state index in [1.165, 1.54) is 7.11 Å². The van der Waals surface area contributed by atoms with Crippen molar-refractivity contribution in [2.24, 2.45) is 0 Å². The molecule has 0 aromatic heterocycles. The quantitative estimate of drug-likeness (QED) is 0.739. The van der Waals surface area contributed by atoms with Crippen molar-refractivity contribution in [2.75, 3.05) is 13.7 Å². The number of carbonyl (C=O) groups excluding carboxylic acids is 2. The fourth-order valence-electron chi connectivity index (χ4n) is 3.00. The smallest absolute Gasteiger partial charge is 0.342 e. The predicted octanol–water partition coefficient (Wildman–Crippen LogP) is 1.91. The maximum Gasteiger partial charge on any atom is 0.342 e. The molecule has 1 aromatic rings. The van der Waals surface area contributed by atoms with E-state index in [0.29, 0.717) is 37.0 Å². The minimum absolute atomic E-state index is 0.142. The van der Waals surface area contributed by atoms with E-state index in [9.17, 15) is 9.59 Å². The third-order valence-electron chi connectivity index (χ3n) is 3.95. The van der Waals surface area contributed by atoms with Gasteiger partial charge in [-0.05, 0) is 11.6 Å². The summed E-state index contributed by atoms with van der Waals surface area (Å²) in [7, 11) is 1.53. The molecule has 2 atom stereocenters. The van der Waals surface area contributed by atoms with Gasteiger partial charge in [0, 0.05) is 25.7 Å². The topological polar surface area (TPSA) is 61.8 Å². The number of methoxy groups -OCH3 is 1. The van der Waals surface area contributed by atoms with Crippen LogP contribution in [-0.2, 0) is 20.7 Å². The fraction of sp³-hybridized carbons (Fsp3) is 0.500. The molecule has 112 valence electrons. The van der Waals surface area contributed by atoms with E-state index in [4.69, 9.17) is 14.2 Å². The summed E-state index contributed by atoms with van der Waals surface area (Å²) in [5, 5.41) is 0. The SMILES string of the molecule is COc1cccc2c1C(=O)OCC[C@@H]1CC(=O)C[C@H](C2)O1. The van der Waals surface area contributed by atoms with Gasteiger partial charge in [-0.25, -0.2) is 4.79 Å². The van der Waals surface area contributed by atoms with Gasteiger partial charge in [-0.1, -0.05) is 12.1 Å². The Labute approximate surface area is 123 Å². The Kier molecular flexibility index (Phi) is 3.92. The van der Waals surface area contributed by atoms with Crippen molar-refractivity contribution in [3.63, 3.8) is 0 Å². The Hall–Kier alpha value is -1.88. The molecule has 0 spiro atoms. The minimum Gasteiger partial charge on any atom is -0.496 e. The lowest BCUT2D eigenvalue weighted by atomic mass is 9.93. The van der Waals surface area contributed by atoms with Crippen LogP contribution in [0.4, 0.5) is 0 Å². The first-order chi connectivity index (χ1) is 10.2. The molecule has 0 unspecified atom stereocenters. The summed E-state index contributed by atoms with van der Waals surface area (Å²) in [6.07, 6.45) is 1.58. The minimum atomic E-state index is -0.367. The lowest BCUT2D eigenvalue weighted by Crippen LogP contribution is -2.36. The van der Waals surface area contributed by atoms with E-state index < -0.39 is 0 Å². The van der Waals surface area contributed by atoms with Gasteiger partial charge in [-0.2, -0.15) is 0 Å². The first-order valence-corrected chi connectivity index (χ1v) is 7.17. The summed E-state index contributed by atoms with van der Waals surface area (Å²) in [5.41, 5.74) is 1.25. The number of hydrogen-bond donors (Lipinski definition) is 0. The van der Waals surface area contributed by atoms with Crippen LogP contribution in [0.25, 0.3) is 0 Å². The highest BCUT2D eigenvalue weighted by Gasteiger charge is 2.31. The van der Waals surface area contributed by atoms with E-state index in [-0.39, 0.29) is 30.6 Å². The van der Waals surface area contributed by atoms with Gasteiger partial charge in [0.25, 0.3) is 0 Å². The molecule has 1 aromatic carbocycles. The molecule has 2 bridgehead atoms. The molecule has 3 rings (SSSR count). The van der Waals surface area contributed by atoms with Gasteiger partial charge in [-0.3, -0.25) is 4.79 Å². The summed E-state index contributed by atoms with van der Waals surface area (Å²) in [6, 6.07) is 5.43. The number of esters is 1. The Morgan fingerprint density at radius 2 is 1.95 bits per heavy atom. The average molecular weight is 290 g/mol. The molecule has 2 heterocycles. The number of hydrogen-bond acceptors (Lipinski definition) is 5. The first-order valence-electron chi connectivity index (χ1n) is 7.17. The summed E-state index contributed by atoms with van der Waals surface area (Å²) in [6.45, 7) is 0.251. The highest BCUT2D eigenvalue weighted by atomic mass is 16.5. The molecule has 0 amide bonds.